The molecule has 0 aromatic heterocycles. The lowest BCUT2D eigenvalue weighted by Crippen LogP contribution is -2.32. The highest BCUT2D eigenvalue weighted by Crippen LogP contribution is 2.26. The minimum Gasteiger partial charge on any atom is -0.492 e. The average Bonchev–Trinajstić information content (AvgIpc) is 2.60. The maximum atomic E-state index is 12.8. The number of rotatable bonds is 5. The topological polar surface area (TPSA) is 41.6 Å². The quantitative estimate of drug-likeness (QED) is 0.878. The van der Waals surface area contributed by atoms with Crippen LogP contribution in [0.1, 0.15) is 27.9 Å². The van der Waals surface area contributed by atoms with Crippen molar-refractivity contribution in [3.8, 4) is 5.75 Å². The summed E-state index contributed by atoms with van der Waals surface area (Å²) >= 11 is 0. The Bertz CT molecular complexity index is 733. The van der Waals surface area contributed by atoms with Crippen molar-refractivity contribution in [3.63, 3.8) is 0 Å². The number of aryl methyl sites for hydroxylation is 1. The molecule has 5 heteroatoms. The van der Waals surface area contributed by atoms with Crippen LogP contribution in [0.2, 0.25) is 0 Å². The Morgan fingerprint density at radius 1 is 1.24 bits per heavy atom. The second-order valence-corrected chi connectivity index (χ2v) is 6.25. The molecule has 2 aromatic carbocycles. The predicted molar refractivity (Wildman–Crippen MR) is 104 cm³/mol. The van der Waals surface area contributed by atoms with Crippen LogP contribution in [0.3, 0.4) is 0 Å². The van der Waals surface area contributed by atoms with Crippen LogP contribution in [0.4, 0.5) is 5.69 Å². The smallest absolute Gasteiger partial charge is 0.254 e. The van der Waals surface area contributed by atoms with Crippen molar-refractivity contribution in [2.24, 2.45) is 0 Å². The third-order valence-corrected chi connectivity index (χ3v) is 4.36. The SMILES string of the molecule is Cc1cccc(OCCN(C)C(=O)c2cccc3c2CCCN3)c1.Cl. The van der Waals surface area contributed by atoms with Gasteiger partial charge in [-0.1, -0.05) is 18.2 Å². The maximum Gasteiger partial charge on any atom is 0.254 e. The lowest BCUT2D eigenvalue weighted by molar-refractivity contribution is 0.0772. The van der Waals surface area contributed by atoms with Crippen molar-refractivity contribution in [2.75, 3.05) is 32.1 Å². The molecule has 0 spiro atoms. The summed E-state index contributed by atoms with van der Waals surface area (Å²) in [6, 6.07) is 13.9. The number of halogens is 1. The van der Waals surface area contributed by atoms with Gasteiger partial charge in [-0.2, -0.15) is 0 Å². The van der Waals surface area contributed by atoms with Crippen LogP contribution in [-0.4, -0.2) is 37.6 Å². The van der Waals surface area contributed by atoms with E-state index < -0.39 is 0 Å². The van der Waals surface area contributed by atoms with E-state index >= 15 is 0 Å². The first kappa shape index (κ1) is 19.1. The van der Waals surface area contributed by atoms with Crippen molar-refractivity contribution >= 4 is 24.0 Å². The van der Waals surface area contributed by atoms with Gasteiger partial charge in [0.15, 0.2) is 0 Å². The van der Waals surface area contributed by atoms with Crippen molar-refractivity contribution in [1.82, 2.24) is 4.90 Å². The lowest BCUT2D eigenvalue weighted by Gasteiger charge is -2.23. The van der Waals surface area contributed by atoms with E-state index in [0.717, 1.165) is 42.0 Å². The summed E-state index contributed by atoms with van der Waals surface area (Å²) in [5, 5.41) is 3.37. The number of likely N-dealkylation sites (N-methyl/N-ethyl adjacent to an activating group) is 1. The number of amides is 1. The number of carbonyl (C=O) groups excluding carboxylic acids is 1. The fraction of sp³-hybridized carbons (Fsp3) is 0.350. The van der Waals surface area contributed by atoms with Gasteiger partial charge < -0.3 is 15.0 Å². The Hall–Kier alpha value is -2.20. The fourth-order valence-electron chi connectivity index (χ4n) is 3.02. The Kier molecular flexibility index (Phi) is 6.71. The van der Waals surface area contributed by atoms with Crippen LogP contribution >= 0.6 is 12.4 Å². The summed E-state index contributed by atoms with van der Waals surface area (Å²) < 4.78 is 5.75. The normalized spacial score (nSPS) is 12.4. The molecule has 3 rings (SSSR count). The fourth-order valence-corrected chi connectivity index (χ4v) is 3.02. The first-order valence-electron chi connectivity index (χ1n) is 8.46. The molecule has 1 aliphatic rings. The highest BCUT2D eigenvalue weighted by molar-refractivity contribution is 5.97. The first-order valence-corrected chi connectivity index (χ1v) is 8.46. The highest BCUT2D eigenvalue weighted by atomic mass is 35.5. The van der Waals surface area contributed by atoms with Crippen LogP contribution in [0.25, 0.3) is 0 Å². The number of hydrogen-bond acceptors (Lipinski definition) is 3. The molecular weight excluding hydrogens is 336 g/mol. The monoisotopic (exact) mass is 360 g/mol. The molecule has 134 valence electrons. The molecule has 0 bridgehead atoms. The number of ether oxygens (including phenoxy) is 1. The Labute approximate surface area is 155 Å². The molecule has 0 radical (unpaired) electrons. The van der Waals surface area contributed by atoms with Gasteiger partial charge in [0.2, 0.25) is 0 Å². The van der Waals surface area contributed by atoms with Gasteiger partial charge in [-0.25, -0.2) is 0 Å². The van der Waals surface area contributed by atoms with E-state index in [-0.39, 0.29) is 18.3 Å². The summed E-state index contributed by atoms with van der Waals surface area (Å²) in [6.07, 6.45) is 2.02. The number of benzene rings is 2. The molecule has 0 unspecified atom stereocenters. The summed E-state index contributed by atoms with van der Waals surface area (Å²) in [6.45, 7) is 4.06. The number of nitrogens with one attached hydrogen (secondary N) is 1. The average molecular weight is 361 g/mol. The van der Waals surface area contributed by atoms with Crippen LogP contribution in [0.15, 0.2) is 42.5 Å². The molecular formula is C20H25ClN2O2. The molecule has 2 aromatic rings. The van der Waals surface area contributed by atoms with Crippen LogP contribution in [-0.2, 0) is 6.42 Å². The highest BCUT2D eigenvalue weighted by Gasteiger charge is 2.19. The second-order valence-electron chi connectivity index (χ2n) is 6.25. The zero-order chi connectivity index (χ0) is 16.9. The molecule has 1 heterocycles. The molecule has 1 aliphatic heterocycles. The molecule has 0 atom stereocenters. The van der Waals surface area contributed by atoms with Crippen molar-refractivity contribution < 1.29 is 9.53 Å². The van der Waals surface area contributed by atoms with E-state index in [9.17, 15) is 4.79 Å². The maximum absolute atomic E-state index is 12.8. The van der Waals surface area contributed by atoms with E-state index in [2.05, 4.69) is 5.32 Å². The number of nitrogens with zero attached hydrogens (tertiary/aromatic N) is 1. The molecule has 25 heavy (non-hydrogen) atoms. The molecule has 1 N–H and O–H groups in total. The van der Waals surface area contributed by atoms with Gasteiger partial charge in [0, 0.05) is 24.8 Å². The predicted octanol–water partition coefficient (Wildman–Crippen LogP) is 3.93. The van der Waals surface area contributed by atoms with Gasteiger partial charge in [-0.15, -0.1) is 12.4 Å². The van der Waals surface area contributed by atoms with E-state index in [1.165, 1.54) is 5.56 Å². The van der Waals surface area contributed by atoms with Gasteiger partial charge in [-0.05, 0) is 55.2 Å². The lowest BCUT2D eigenvalue weighted by atomic mass is 9.97. The van der Waals surface area contributed by atoms with Crippen LogP contribution in [0.5, 0.6) is 5.75 Å². The summed E-state index contributed by atoms with van der Waals surface area (Å²) in [4.78, 5) is 14.5. The van der Waals surface area contributed by atoms with Crippen molar-refractivity contribution in [1.29, 1.82) is 0 Å². The molecule has 4 nitrogen and oxygen atoms in total. The van der Waals surface area contributed by atoms with Gasteiger partial charge in [0.25, 0.3) is 5.91 Å². The molecule has 0 saturated carbocycles. The largest absolute Gasteiger partial charge is 0.492 e. The van der Waals surface area contributed by atoms with Gasteiger partial charge in [-0.3, -0.25) is 4.79 Å². The summed E-state index contributed by atoms with van der Waals surface area (Å²) in [5.41, 5.74) is 4.20. The number of carbonyl (C=O) groups is 1. The minimum atomic E-state index is 0. The van der Waals surface area contributed by atoms with Crippen molar-refractivity contribution in [2.45, 2.75) is 19.8 Å². The number of anilines is 1. The van der Waals surface area contributed by atoms with E-state index in [1.807, 2.05) is 56.4 Å². The van der Waals surface area contributed by atoms with Crippen LogP contribution in [0, 0.1) is 6.92 Å². The van der Waals surface area contributed by atoms with E-state index in [1.54, 1.807) is 4.90 Å². The van der Waals surface area contributed by atoms with E-state index in [4.69, 9.17) is 4.74 Å². The Morgan fingerprint density at radius 3 is 2.84 bits per heavy atom. The summed E-state index contributed by atoms with van der Waals surface area (Å²) in [5.74, 6) is 0.903. The molecule has 0 fully saturated rings. The Balaban J connectivity index is 0.00000225. The Morgan fingerprint density at radius 2 is 2.04 bits per heavy atom. The number of hydrogen-bond donors (Lipinski definition) is 1. The first-order chi connectivity index (χ1) is 11.6. The minimum absolute atomic E-state index is 0. The molecule has 0 saturated heterocycles. The third kappa shape index (κ3) is 4.67. The third-order valence-electron chi connectivity index (χ3n) is 4.36. The van der Waals surface area contributed by atoms with E-state index in [0.29, 0.717) is 13.2 Å². The second kappa shape index (κ2) is 8.77. The summed E-state index contributed by atoms with van der Waals surface area (Å²) in [7, 11) is 1.83. The van der Waals surface area contributed by atoms with Gasteiger partial charge >= 0.3 is 0 Å². The van der Waals surface area contributed by atoms with Crippen LogP contribution < -0.4 is 10.1 Å². The van der Waals surface area contributed by atoms with Gasteiger partial charge in [0.05, 0.1) is 6.54 Å². The standard InChI is InChI=1S/C20H24N2O2.ClH/c1-15-6-3-7-16(14-15)24-13-12-22(2)20(23)18-8-4-10-19-17(18)9-5-11-21-19;/h3-4,6-8,10,14,21H,5,9,11-13H2,1-2H3;1H. The molecule has 1 amide bonds. The number of fused-ring (bicyclic) bond motifs is 1. The zero-order valence-corrected chi connectivity index (χ0v) is 15.6. The zero-order valence-electron chi connectivity index (χ0n) is 14.7. The molecule has 0 aliphatic carbocycles. The van der Waals surface area contributed by atoms with Crippen molar-refractivity contribution in [3.05, 3.63) is 59.2 Å². The van der Waals surface area contributed by atoms with Gasteiger partial charge in [0.1, 0.15) is 12.4 Å².